The maximum atomic E-state index is 13.9. The zero-order chi connectivity index (χ0) is 16.4. The molecule has 3 rings (SSSR count). The highest BCUT2D eigenvalue weighted by Crippen LogP contribution is 2.23. The minimum atomic E-state index is -0.834. The third-order valence-electron chi connectivity index (χ3n) is 3.04. The van der Waals surface area contributed by atoms with Crippen LogP contribution in [0.4, 0.5) is 20.3 Å². The molecule has 0 saturated carbocycles. The number of nitrogens with two attached hydrogens (primary N) is 1. The highest BCUT2D eigenvalue weighted by atomic mass is 19.1. The second-order valence-electron chi connectivity index (χ2n) is 4.61. The maximum absolute atomic E-state index is 13.9. The van der Waals surface area contributed by atoms with Crippen LogP contribution in [-0.4, -0.2) is 20.7 Å². The molecule has 3 aromatic rings. The lowest BCUT2D eigenvalue weighted by Gasteiger charge is -2.04. The van der Waals surface area contributed by atoms with Gasteiger partial charge in [-0.2, -0.15) is 5.10 Å². The topological polar surface area (TPSA) is 85.8 Å². The van der Waals surface area contributed by atoms with E-state index >= 15 is 0 Å². The van der Waals surface area contributed by atoms with E-state index in [4.69, 9.17) is 5.73 Å². The normalized spacial score (nSPS) is 10.5. The molecule has 2 heterocycles. The molecule has 116 valence electrons. The Morgan fingerprint density at radius 1 is 1.13 bits per heavy atom. The number of hydrogen-bond donors (Lipinski definition) is 2. The molecule has 0 saturated heterocycles. The van der Waals surface area contributed by atoms with Crippen molar-refractivity contribution in [3.8, 4) is 5.69 Å². The van der Waals surface area contributed by atoms with E-state index < -0.39 is 23.2 Å². The molecule has 0 aliphatic carbocycles. The smallest absolute Gasteiger partial charge is 0.271 e. The first-order valence-corrected chi connectivity index (χ1v) is 6.58. The van der Waals surface area contributed by atoms with E-state index in [1.54, 1.807) is 24.4 Å². The number of benzene rings is 1. The van der Waals surface area contributed by atoms with Crippen molar-refractivity contribution in [1.29, 1.82) is 0 Å². The van der Waals surface area contributed by atoms with Gasteiger partial charge in [0.1, 0.15) is 11.5 Å². The Hall–Kier alpha value is -3.29. The van der Waals surface area contributed by atoms with Gasteiger partial charge in [0, 0.05) is 6.20 Å². The summed E-state index contributed by atoms with van der Waals surface area (Å²) in [7, 11) is 0. The lowest BCUT2D eigenvalue weighted by Crippen LogP contribution is -2.14. The van der Waals surface area contributed by atoms with E-state index in [1.165, 1.54) is 12.3 Å². The summed E-state index contributed by atoms with van der Waals surface area (Å²) in [5.74, 6) is -2.02. The highest BCUT2D eigenvalue weighted by molar-refractivity contribution is 5.97. The van der Waals surface area contributed by atoms with Crippen LogP contribution in [0.5, 0.6) is 0 Å². The monoisotopic (exact) mass is 315 g/mol. The Balaban J connectivity index is 2.08. The summed E-state index contributed by atoms with van der Waals surface area (Å²) in [6.07, 6.45) is 2.82. The van der Waals surface area contributed by atoms with E-state index in [0.29, 0.717) is 5.82 Å². The Kier molecular flexibility index (Phi) is 3.71. The zero-order valence-electron chi connectivity index (χ0n) is 11.7. The van der Waals surface area contributed by atoms with Gasteiger partial charge in [0.05, 0.1) is 11.9 Å². The summed E-state index contributed by atoms with van der Waals surface area (Å²) >= 11 is 0. The van der Waals surface area contributed by atoms with E-state index in [1.807, 2.05) is 0 Å². The minimum Gasteiger partial charge on any atom is -0.364 e. The van der Waals surface area contributed by atoms with Crippen molar-refractivity contribution < 1.29 is 13.6 Å². The van der Waals surface area contributed by atoms with E-state index in [2.05, 4.69) is 15.4 Å². The van der Waals surface area contributed by atoms with Gasteiger partial charge in [-0.25, -0.2) is 18.4 Å². The number of primary amides is 1. The van der Waals surface area contributed by atoms with Gasteiger partial charge < -0.3 is 11.1 Å². The average Bonchev–Trinajstić information content (AvgIpc) is 2.92. The number of para-hydroxylation sites is 1. The van der Waals surface area contributed by atoms with Crippen molar-refractivity contribution in [2.24, 2.45) is 5.73 Å². The summed E-state index contributed by atoms with van der Waals surface area (Å²) in [5, 5.41) is 6.71. The molecule has 0 aliphatic rings. The number of anilines is 2. The van der Waals surface area contributed by atoms with Crippen LogP contribution in [0.3, 0.4) is 0 Å². The Labute approximate surface area is 129 Å². The number of pyridine rings is 1. The molecule has 1 amide bonds. The van der Waals surface area contributed by atoms with Crippen molar-refractivity contribution in [2.75, 3.05) is 5.32 Å². The number of carbonyl (C=O) groups excluding carboxylic acids is 1. The number of amides is 1. The number of nitrogens with zero attached hydrogens (tertiary/aromatic N) is 3. The van der Waals surface area contributed by atoms with Crippen LogP contribution in [0.1, 0.15) is 10.5 Å². The fraction of sp³-hybridized carbons (Fsp3) is 0. The number of nitrogens with one attached hydrogen (secondary N) is 1. The molecular weight excluding hydrogens is 304 g/mol. The lowest BCUT2D eigenvalue weighted by atomic mass is 10.3. The maximum Gasteiger partial charge on any atom is 0.271 e. The number of carbonyl (C=O) groups is 1. The first-order chi connectivity index (χ1) is 11.1. The molecule has 0 aliphatic heterocycles. The second-order valence-corrected chi connectivity index (χ2v) is 4.61. The summed E-state index contributed by atoms with van der Waals surface area (Å²) in [6.45, 7) is 0. The van der Waals surface area contributed by atoms with E-state index in [9.17, 15) is 13.6 Å². The van der Waals surface area contributed by atoms with Crippen LogP contribution in [0.15, 0.2) is 48.8 Å². The molecule has 8 heteroatoms. The molecule has 2 aromatic heterocycles. The van der Waals surface area contributed by atoms with Crippen molar-refractivity contribution in [2.45, 2.75) is 0 Å². The molecule has 1 aromatic carbocycles. The predicted octanol–water partition coefficient (Wildman–Crippen LogP) is 2.39. The molecule has 6 nitrogen and oxygen atoms in total. The Bertz CT molecular complexity index is 843. The lowest BCUT2D eigenvalue weighted by molar-refractivity contribution is 0.0996. The zero-order valence-corrected chi connectivity index (χ0v) is 11.7. The molecule has 0 spiro atoms. The van der Waals surface area contributed by atoms with Crippen molar-refractivity contribution >= 4 is 17.4 Å². The fourth-order valence-electron chi connectivity index (χ4n) is 2.04. The molecule has 3 N–H and O–H groups in total. The Morgan fingerprint density at radius 2 is 1.87 bits per heavy atom. The van der Waals surface area contributed by atoms with Gasteiger partial charge in [0.15, 0.2) is 17.3 Å². The highest BCUT2D eigenvalue weighted by Gasteiger charge is 2.19. The molecule has 0 fully saturated rings. The predicted molar refractivity (Wildman–Crippen MR) is 79.5 cm³/mol. The summed E-state index contributed by atoms with van der Waals surface area (Å²) < 4.78 is 28.6. The first-order valence-electron chi connectivity index (χ1n) is 6.58. The fourth-order valence-corrected chi connectivity index (χ4v) is 2.04. The van der Waals surface area contributed by atoms with Crippen LogP contribution >= 0.6 is 0 Å². The van der Waals surface area contributed by atoms with Crippen molar-refractivity contribution in [3.05, 3.63) is 66.1 Å². The van der Waals surface area contributed by atoms with E-state index in [-0.39, 0.29) is 11.4 Å². The third-order valence-corrected chi connectivity index (χ3v) is 3.04. The van der Waals surface area contributed by atoms with Crippen LogP contribution in [0.25, 0.3) is 5.69 Å². The third kappa shape index (κ3) is 2.86. The Morgan fingerprint density at radius 3 is 2.48 bits per heavy atom. The SMILES string of the molecule is NC(=O)c1nn(-c2c(F)cccc2F)cc1Nc1ccccn1. The van der Waals surface area contributed by atoms with Crippen molar-refractivity contribution in [3.63, 3.8) is 0 Å². The molecular formula is C15H11F2N5O. The van der Waals surface area contributed by atoms with Gasteiger partial charge in [-0.05, 0) is 24.3 Å². The van der Waals surface area contributed by atoms with Crippen LogP contribution in [0, 0.1) is 11.6 Å². The van der Waals surface area contributed by atoms with Gasteiger partial charge in [-0.15, -0.1) is 0 Å². The van der Waals surface area contributed by atoms with Crippen LogP contribution in [0.2, 0.25) is 0 Å². The summed E-state index contributed by atoms with van der Waals surface area (Å²) in [6, 6.07) is 8.54. The molecule has 0 unspecified atom stereocenters. The average molecular weight is 315 g/mol. The summed E-state index contributed by atoms with van der Waals surface area (Å²) in [4.78, 5) is 15.6. The summed E-state index contributed by atoms with van der Waals surface area (Å²) in [5.41, 5.74) is 4.91. The van der Waals surface area contributed by atoms with Crippen LogP contribution < -0.4 is 11.1 Å². The van der Waals surface area contributed by atoms with Gasteiger partial charge in [0.25, 0.3) is 5.91 Å². The van der Waals surface area contributed by atoms with Gasteiger partial charge in [-0.3, -0.25) is 4.79 Å². The number of rotatable bonds is 4. The van der Waals surface area contributed by atoms with Crippen molar-refractivity contribution in [1.82, 2.24) is 14.8 Å². The number of hydrogen-bond acceptors (Lipinski definition) is 4. The van der Waals surface area contributed by atoms with E-state index in [0.717, 1.165) is 16.8 Å². The first kappa shape index (κ1) is 14.6. The molecule has 0 bridgehead atoms. The van der Waals surface area contributed by atoms with Gasteiger partial charge >= 0.3 is 0 Å². The molecule has 0 radical (unpaired) electrons. The quantitative estimate of drug-likeness (QED) is 0.774. The van der Waals surface area contributed by atoms with Gasteiger partial charge in [-0.1, -0.05) is 12.1 Å². The molecule has 23 heavy (non-hydrogen) atoms. The standard InChI is InChI=1S/C15H11F2N5O/c16-9-4-3-5-10(17)14(9)22-8-11(13(21-22)15(18)23)20-12-6-1-2-7-19-12/h1-8H,(H2,18,23)(H,19,20). The largest absolute Gasteiger partial charge is 0.364 e. The van der Waals surface area contributed by atoms with Crippen LogP contribution in [-0.2, 0) is 0 Å². The second kappa shape index (κ2) is 5.84. The number of halogens is 2. The minimum absolute atomic E-state index is 0.154. The number of aromatic nitrogens is 3. The van der Waals surface area contributed by atoms with Gasteiger partial charge in [0.2, 0.25) is 0 Å². The molecule has 0 atom stereocenters.